The number of ether oxygens (including phenoxy) is 1. The highest BCUT2D eigenvalue weighted by atomic mass is 127. The number of rotatable bonds is 9. The molecule has 1 unspecified atom stereocenters. The van der Waals surface area contributed by atoms with Gasteiger partial charge in [0.2, 0.25) is 5.91 Å². The number of carbonyl (C=O) groups excluding carboxylic acids is 1. The number of hydrogen-bond acceptors (Lipinski definition) is 4. The minimum Gasteiger partial charge on any atom is -0.497 e. The maximum absolute atomic E-state index is 11.6. The maximum atomic E-state index is 11.6. The number of methoxy groups -OCH3 is 1. The van der Waals surface area contributed by atoms with Crippen molar-refractivity contribution in [3.05, 3.63) is 29.8 Å². The van der Waals surface area contributed by atoms with Gasteiger partial charge < -0.3 is 21.1 Å². The predicted molar refractivity (Wildman–Crippen MR) is 129 cm³/mol. The smallest absolute Gasteiger partial charge is 0.224 e. The fourth-order valence-electron chi connectivity index (χ4n) is 3.25. The van der Waals surface area contributed by atoms with Crippen molar-refractivity contribution >= 4 is 35.8 Å². The van der Waals surface area contributed by atoms with E-state index in [2.05, 4.69) is 32.7 Å². The van der Waals surface area contributed by atoms with Gasteiger partial charge >= 0.3 is 0 Å². The van der Waals surface area contributed by atoms with Crippen LogP contribution in [0, 0.1) is 5.41 Å². The van der Waals surface area contributed by atoms with Crippen LogP contribution >= 0.6 is 24.0 Å². The molecule has 1 fully saturated rings. The average molecular weight is 517 g/mol. The van der Waals surface area contributed by atoms with Crippen LogP contribution in [-0.4, -0.2) is 56.6 Å². The van der Waals surface area contributed by atoms with Gasteiger partial charge in [0.1, 0.15) is 5.75 Å². The Hall–Kier alpha value is -1.55. The van der Waals surface area contributed by atoms with Gasteiger partial charge in [-0.05, 0) is 64.4 Å². The number of primary amides is 1. The number of aliphatic imine (C=N–C) groups is 1. The quantitative estimate of drug-likeness (QED) is 0.266. The molecule has 1 aromatic rings. The Morgan fingerprint density at radius 1 is 1.31 bits per heavy atom. The summed E-state index contributed by atoms with van der Waals surface area (Å²) in [5.74, 6) is 1.22. The van der Waals surface area contributed by atoms with Crippen molar-refractivity contribution in [3.8, 4) is 5.75 Å². The van der Waals surface area contributed by atoms with E-state index in [1.807, 2.05) is 32.9 Å². The number of amides is 1. The fourth-order valence-corrected chi connectivity index (χ4v) is 3.25. The van der Waals surface area contributed by atoms with Gasteiger partial charge in [-0.3, -0.25) is 14.7 Å². The van der Waals surface area contributed by atoms with Crippen LogP contribution in [0.3, 0.4) is 0 Å². The molecule has 4 N–H and O–H groups in total. The lowest BCUT2D eigenvalue weighted by Crippen LogP contribution is -2.43. The molecular formula is C21H36IN5O2. The monoisotopic (exact) mass is 517 g/mol. The van der Waals surface area contributed by atoms with Crippen LogP contribution in [0.5, 0.6) is 5.75 Å². The molecule has 1 aromatic carbocycles. The molecule has 0 bridgehead atoms. The zero-order valence-electron chi connectivity index (χ0n) is 18.0. The highest BCUT2D eigenvalue weighted by Gasteiger charge is 2.26. The van der Waals surface area contributed by atoms with Gasteiger partial charge in [-0.25, -0.2) is 0 Å². The van der Waals surface area contributed by atoms with E-state index < -0.39 is 5.41 Å². The number of benzene rings is 1. The predicted octanol–water partition coefficient (Wildman–Crippen LogP) is 2.52. The topological polar surface area (TPSA) is 92.0 Å². The Bertz CT molecular complexity index is 675. The number of nitrogens with two attached hydrogens (primary N) is 1. The molecule has 7 nitrogen and oxygen atoms in total. The van der Waals surface area contributed by atoms with Gasteiger partial charge in [0.05, 0.1) is 25.1 Å². The lowest BCUT2D eigenvalue weighted by Gasteiger charge is -2.29. The van der Waals surface area contributed by atoms with Crippen molar-refractivity contribution in [2.75, 3.05) is 39.8 Å². The third-order valence-electron chi connectivity index (χ3n) is 5.17. The van der Waals surface area contributed by atoms with Crippen molar-refractivity contribution in [2.45, 2.75) is 39.7 Å². The Kier molecular flexibility index (Phi) is 10.7. The van der Waals surface area contributed by atoms with Crippen LogP contribution in [0.1, 0.15) is 45.2 Å². The number of carbonyl (C=O) groups is 1. The zero-order chi connectivity index (χ0) is 20.6. The van der Waals surface area contributed by atoms with Crippen molar-refractivity contribution in [2.24, 2.45) is 16.1 Å². The van der Waals surface area contributed by atoms with E-state index in [0.29, 0.717) is 12.5 Å². The molecular weight excluding hydrogens is 481 g/mol. The van der Waals surface area contributed by atoms with Crippen molar-refractivity contribution < 1.29 is 9.53 Å². The van der Waals surface area contributed by atoms with Crippen LogP contribution in [0.25, 0.3) is 0 Å². The van der Waals surface area contributed by atoms with E-state index >= 15 is 0 Å². The summed E-state index contributed by atoms with van der Waals surface area (Å²) in [6, 6.07) is 8.48. The van der Waals surface area contributed by atoms with Gasteiger partial charge in [0.25, 0.3) is 0 Å². The van der Waals surface area contributed by atoms with Crippen LogP contribution < -0.4 is 21.1 Å². The van der Waals surface area contributed by atoms with Crippen LogP contribution in [0.2, 0.25) is 0 Å². The maximum Gasteiger partial charge on any atom is 0.224 e. The SMILES string of the molecule is CCNC(=NCC(C)(C)C(N)=O)NCC(c1cccc(OC)c1)N1CCCC1.I. The molecule has 0 aromatic heterocycles. The van der Waals surface area contributed by atoms with Crippen LogP contribution in [0.15, 0.2) is 29.3 Å². The average Bonchev–Trinajstić information content (AvgIpc) is 3.20. The van der Waals surface area contributed by atoms with Gasteiger partial charge in [-0.1, -0.05) is 12.1 Å². The first kappa shape index (κ1) is 25.5. The molecule has 2 rings (SSSR count). The van der Waals surface area contributed by atoms with Gasteiger partial charge in [0, 0.05) is 13.1 Å². The van der Waals surface area contributed by atoms with Gasteiger partial charge in [0.15, 0.2) is 5.96 Å². The highest BCUT2D eigenvalue weighted by Crippen LogP contribution is 2.27. The van der Waals surface area contributed by atoms with Crippen molar-refractivity contribution in [1.82, 2.24) is 15.5 Å². The first-order valence-electron chi connectivity index (χ1n) is 10.1. The second-order valence-electron chi connectivity index (χ2n) is 7.86. The van der Waals surface area contributed by atoms with Crippen LogP contribution in [0.4, 0.5) is 0 Å². The lowest BCUT2D eigenvalue weighted by molar-refractivity contribution is -0.125. The van der Waals surface area contributed by atoms with Crippen molar-refractivity contribution in [1.29, 1.82) is 0 Å². The van der Waals surface area contributed by atoms with Crippen LogP contribution in [-0.2, 0) is 4.79 Å². The number of nitrogens with one attached hydrogen (secondary N) is 2. The molecule has 1 atom stereocenters. The lowest BCUT2D eigenvalue weighted by atomic mass is 9.93. The molecule has 0 aliphatic carbocycles. The number of nitrogens with zero attached hydrogens (tertiary/aromatic N) is 2. The molecule has 8 heteroatoms. The molecule has 1 aliphatic rings. The molecule has 1 amide bonds. The summed E-state index contributed by atoms with van der Waals surface area (Å²) in [6.07, 6.45) is 2.45. The molecule has 1 saturated heterocycles. The Morgan fingerprint density at radius 3 is 2.59 bits per heavy atom. The normalized spacial score (nSPS) is 16.1. The number of likely N-dealkylation sites (tertiary alicyclic amines) is 1. The van der Waals surface area contributed by atoms with Gasteiger partial charge in [-0.15, -0.1) is 24.0 Å². The minimum absolute atomic E-state index is 0. The zero-order valence-corrected chi connectivity index (χ0v) is 20.4. The van der Waals surface area contributed by atoms with Crippen molar-refractivity contribution in [3.63, 3.8) is 0 Å². The fraction of sp³-hybridized carbons (Fsp3) is 0.619. The largest absolute Gasteiger partial charge is 0.497 e. The minimum atomic E-state index is -0.677. The van der Waals surface area contributed by atoms with E-state index in [1.54, 1.807) is 7.11 Å². The third-order valence-corrected chi connectivity index (χ3v) is 5.17. The summed E-state index contributed by atoms with van der Waals surface area (Å²) < 4.78 is 5.41. The highest BCUT2D eigenvalue weighted by molar-refractivity contribution is 14.0. The second-order valence-corrected chi connectivity index (χ2v) is 7.86. The summed E-state index contributed by atoms with van der Waals surface area (Å²) in [7, 11) is 1.69. The summed E-state index contributed by atoms with van der Waals surface area (Å²) >= 11 is 0. The Labute approximate surface area is 191 Å². The van der Waals surface area contributed by atoms with E-state index in [4.69, 9.17) is 10.5 Å². The van der Waals surface area contributed by atoms with E-state index in [-0.39, 0.29) is 35.9 Å². The summed E-state index contributed by atoms with van der Waals surface area (Å²) in [5, 5.41) is 6.71. The summed E-state index contributed by atoms with van der Waals surface area (Å²) in [4.78, 5) is 18.7. The molecule has 0 spiro atoms. The molecule has 1 heterocycles. The third kappa shape index (κ3) is 7.65. The molecule has 164 valence electrons. The van der Waals surface area contributed by atoms with E-state index in [0.717, 1.165) is 31.9 Å². The molecule has 0 radical (unpaired) electrons. The second kappa shape index (κ2) is 12.2. The first-order valence-corrected chi connectivity index (χ1v) is 10.1. The number of halogens is 1. The Morgan fingerprint density at radius 2 is 2.00 bits per heavy atom. The summed E-state index contributed by atoms with van der Waals surface area (Å²) in [5.41, 5.74) is 6.02. The summed E-state index contributed by atoms with van der Waals surface area (Å²) in [6.45, 7) is 9.63. The molecule has 1 aliphatic heterocycles. The molecule has 29 heavy (non-hydrogen) atoms. The van der Waals surface area contributed by atoms with E-state index in [9.17, 15) is 4.79 Å². The Balaban J connectivity index is 0.00000420. The molecule has 0 saturated carbocycles. The number of hydrogen-bond donors (Lipinski definition) is 3. The van der Waals surface area contributed by atoms with E-state index in [1.165, 1.54) is 18.4 Å². The standard InChI is InChI=1S/C21H35N5O2.HI/c1-5-23-20(25-15-21(2,3)19(22)27)24-14-18(26-11-6-7-12-26)16-9-8-10-17(13-16)28-4;/h8-10,13,18H,5-7,11-12,14-15H2,1-4H3,(H2,22,27)(H2,23,24,25);1H. The first-order chi connectivity index (χ1) is 13.4. The van der Waals surface area contributed by atoms with Gasteiger partial charge in [-0.2, -0.15) is 0 Å². The number of guanidine groups is 1.